The zero-order valence-electron chi connectivity index (χ0n) is 21.3. The Kier molecular flexibility index (Phi) is 6.11. The van der Waals surface area contributed by atoms with Crippen LogP contribution in [0.3, 0.4) is 0 Å². The predicted octanol–water partition coefficient (Wildman–Crippen LogP) is 7.34. The average Bonchev–Trinajstić information content (AvgIpc) is 3.71. The summed E-state index contributed by atoms with van der Waals surface area (Å²) < 4.78 is 11.5. The van der Waals surface area contributed by atoms with E-state index < -0.39 is 17.5 Å². The Morgan fingerprint density at radius 3 is 2.23 bits per heavy atom. The summed E-state index contributed by atoms with van der Waals surface area (Å²) >= 11 is 0. The molecule has 0 bridgehead atoms. The lowest BCUT2D eigenvalue weighted by atomic mass is 9.93. The molecule has 0 atom stereocenters. The number of aryl methyl sites for hydroxylation is 1. The van der Waals surface area contributed by atoms with E-state index in [-0.39, 0.29) is 6.61 Å². The standard InChI is InChI=1S/C32H26N2O5/c1-20-17-26-27(34-31(37)38-19-21-5-3-2-4-6-21)28(39-29(26)33-18-20)24-9-7-22(8-10-24)23-11-13-25(14-12-23)32(15-16-32)30(35)36/h2-14,17-18H,15-16,19H2,1H3,(H,34,37)(H,35,36). The van der Waals surface area contributed by atoms with E-state index in [9.17, 15) is 14.7 Å². The first kappa shape index (κ1) is 24.4. The predicted molar refractivity (Wildman–Crippen MR) is 148 cm³/mol. The zero-order chi connectivity index (χ0) is 27.0. The van der Waals surface area contributed by atoms with Gasteiger partial charge < -0.3 is 14.3 Å². The molecule has 7 nitrogen and oxygen atoms in total. The third-order valence-corrected chi connectivity index (χ3v) is 7.20. The molecule has 2 heterocycles. The van der Waals surface area contributed by atoms with Gasteiger partial charge in [0.25, 0.3) is 0 Å². The number of carbonyl (C=O) groups is 2. The molecule has 39 heavy (non-hydrogen) atoms. The Hall–Kier alpha value is -4.91. The number of aliphatic carboxylic acids is 1. The van der Waals surface area contributed by atoms with Crippen molar-refractivity contribution in [3.05, 3.63) is 108 Å². The van der Waals surface area contributed by atoms with Gasteiger partial charge in [0.1, 0.15) is 12.3 Å². The maximum Gasteiger partial charge on any atom is 0.412 e. The van der Waals surface area contributed by atoms with Gasteiger partial charge in [-0.3, -0.25) is 10.1 Å². The molecular formula is C32H26N2O5. The molecule has 7 heteroatoms. The Bertz CT molecular complexity index is 1670. The van der Waals surface area contributed by atoms with E-state index in [1.54, 1.807) is 6.20 Å². The highest BCUT2D eigenvalue weighted by atomic mass is 16.5. The van der Waals surface area contributed by atoms with Crippen LogP contribution in [-0.4, -0.2) is 22.2 Å². The molecule has 0 saturated heterocycles. The molecular weight excluding hydrogens is 492 g/mol. The van der Waals surface area contributed by atoms with Gasteiger partial charge >= 0.3 is 12.1 Å². The lowest BCUT2D eigenvalue weighted by Gasteiger charge is -2.11. The SMILES string of the molecule is Cc1cnc2oc(-c3ccc(-c4ccc(C5(C(=O)O)CC5)cc4)cc3)c(NC(=O)OCc3ccccc3)c2c1. The van der Waals surface area contributed by atoms with Gasteiger partial charge in [-0.05, 0) is 53.6 Å². The van der Waals surface area contributed by atoms with Gasteiger partial charge in [-0.15, -0.1) is 0 Å². The number of amides is 1. The van der Waals surface area contributed by atoms with Crippen molar-refractivity contribution in [1.29, 1.82) is 0 Å². The lowest BCUT2D eigenvalue weighted by molar-refractivity contribution is -0.140. The minimum Gasteiger partial charge on any atom is -0.481 e. The monoisotopic (exact) mass is 518 g/mol. The van der Waals surface area contributed by atoms with Crippen LogP contribution >= 0.6 is 0 Å². The first-order valence-electron chi connectivity index (χ1n) is 12.7. The molecule has 3 aromatic carbocycles. The Labute approximate surface area is 225 Å². The second kappa shape index (κ2) is 9.76. The van der Waals surface area contributed by atoms with E-state index in [1.807, 2.05) is 91.9 Å². The highest BCUT2D eigenvalue weighted by Crippen LogP contribution is 2.48. The summed E-state index contributed by atoms with van der Waals surface area (Å²) in [5.41, 5.74) is 5.60. The fraction of sp³-hybridized carbons (Fsp3) is 0.156. The van der Waals surface area contributed by atoms with Gasteiger partial charge in [0, 0.05) is 11.8 Å². The van der Waals surface area contributed by atoms with Crippen LogP contribution < -0.4 is 5.32 Å². The van der Waals surface area contributed by atoms with Crippen LogP contribution in [0.4, 0.5) is 10.5 Å². The van der Waals surface area contributed by atoms with Crippen LogP contribution in [0.1, 0.15) is 29.5 Å². The van der Waals surface area contributed by atoms with E-state index in [4.69, 9.17) is 9.15 Å². The number of nitrogens with zero attached hydrogens (tertiary/aromatic N) is 1. The third kappa shape index (κ3) is 4.75. The molecule has 0 aliphatic heterocycles. The Balaban J connectivity index is 1.26. The highest BCUT2D eigenvalue weighted by Gasteiger charge is 2.51. The van der Waals surface area contributed by atoms with Crippen molar-refractivity contribution in [1.82, 2.24) is 4.98 Å². The van der Waals surface area contributed by atoms with E-state index in [2.05, 4.69) is 10.3 Å². The molecule has 1 aliphatic carbocycles. The summed E-state index contributed by atoms with van der Waals surface area (Å²) in [4.78, 5) is 28.8. The molecule has 1 saturated carbocycles. The van der Waals surface area contributed by atoms with Crippen LogP contribution in [0, 0.1) is 6.92 Å². The quantitative estimate of drug-likeness (QED) is 0.234. The number of benzene rings is 3. The lowest BCUT2D eigenvalue weighted by Crippen LogP contribution is -2.19. The number of pyridine rings is 1. The summed E-state index contributed by atoms with van der Waals surface area (Å²) in [5.74, 6) is -0.276. The third-order valence-electron chi connectivity index (χ3n) is 7.20. The van der Waals surface area contributed by atoms with E-state index >= 15 is 0 Å². The Morgan fingerprint density at radius 2 is 1.59 bits per heavy atom. The number of carboxylic acids is 1. The molecule has 5 aromatic rings. The number of carboxylic acid groups (broad SMARTS) is 1. The molecule has 0 unspecified atom stereocenters. The molecule has 2 aromatic heterocycles. The average molecular weight is 519 g/mol. The molecule has 0 spiro atoms. The summed E-state index contributed by atoms with van der Waals surface area (Å²) in [7, 11) is 0. The van der Waals surface area contributed by atoms with Crippen molar-refractivity contribution in [3.8, 4) is 22.5 Å². The number of fused-ring (bicyclic) bond motifs is 1. The van der Waals surface area contributed by atoms with Gasteiger partial charge in [0.05, 0.1) is 10.8 Å². The van der Waals surface area contributed by atoms with Crippen LogP contribution in [0.5, 0.6) is 0 Å². The summed E-state index contributed by atoms with van der Waals surface area (Å²) in [5, 5.41) is 13.1. The van der Waals surface area contributed by atoms with Crippen molar-refractivity contribution >= 4 is 28.8 Å². The molecule has 1 amide bonds. The minimum absolute atomic E-state index is 0.149. The number of furan rings is 1. The maximum atomic E-state index is 12.7. The molecule has 2 N–H and O–H groups in total. The fourth-order valence-corrected chi connectivity index (χ4v) is 4.82. The van der Waals surface area contributed by atoms with Crippen molar-refractivity contribution in [2.24, 2.45) is 0 Å². The summed E-state index contributed by atoms with van der Waals surface area (Å²) in [6, 6.07) is 26.9. The number of ether oxygens (including phenoxy) is 1. The zero-order valence-corrected chi connectivity index (χ0v) is 21.3. The second-order valence-electron chi connectivity index (χ2n) is 9.90. The smallest absolute Gasteiger partial charge is 0.412 e. The first-order valence-corrected chi connectivity index (χ1v) is 12.7. The van der Waals surface area contributed by atoms with Crippen LogP contribution in [0.15, 0.2) is 95.5 Å². The molecule has 1 fully saturated rings. The molecule has 6 rings (SSSR count). The summed E-state index contributed by atoms with van der Waals surface area (Å²) in [6.45, 7) is 2.08. The second-order valence-corrected chi connectivity index (χ2v) is 9.90. The van der Waals surface area contributed by atoms with Gasteiger partial charge in [-0.2, -0.15) is 0 Å². The first-order chi connectivity index (χ1) is 18.9. The number of nitrogens with one attached hydrogen (secondary N) is 1. The number of rotatable bonds is 7. The van der Waals surface area contributed by atoms with Gasteiger partial charge in [-0.25, -0.2) is 9.78 Å². The Morgan fingerprint density at radius 1 is 0.949 bits per heavy atom. The van der Waals surface area contributed by atoms with E-state index in [1.165, 1.54) is 0 Å². The number of hydrogen-bond donors (Lipinski definition) is 2. The fourth-order valence-electron chi connectivity index (χ4n) is 4.82. The largest absolute Gasteiger partial charge is 0.481 e. The number of hydrogen-bond acceptors (Lipinski definition) is 5. The minimum atomic E-state index is -0.761. The van der Waals surface area contributed by atoms with Crippen molar-refractivity contribution in [2.45, 2.75) is 31.8 Å². The van der Waals surface area contributed by atoms with Crippen LogP contribution in [-0.2, 0) is 21.6 Å². The van der Waals surface area contributed by atoms with Crippen LogP contribution in [0.25, 0.3) is 33.6 Å². The topological polar surface area (TPSA) is 102 Å². The van der Waals surface area contributed by atoms with Gasteiger partial charge in [-0.1, -0.05) is 78.9 Å². The van der Waals surface area contributed by atoms with Crippen molar-refractivity contribution in [2.75, 3.05) is 5.32 Å². The molecule has 0 radical (unpaired) electrons. The summed E-state index contributed by atoms with van der Waals surface area (Å²) in [6.07, 6.45) is 2.49. The molecule has 194 valence electrons. The number of carbonyl (C=O) groups excluding carboxylic acids is 1. The van der Waals surface area contributed by atoms with Gasteiger partial charge in [0.15, 0.2) is 5.76 Å². The number of anilines is 1. The van der Waals surface area contributed by atoms with Crippen molar-refractivity contribution in [3.63, 3.8) is 0 Å². The molecule has 1 aliphatic rings. The number of aromatic nitrogens is 1. The maximum absolute atomic E-state index is 12.7. The van der Waals surface area contributed by atoms with Crippen LogP contribution in [0.2, 0.25) is 0 Å². The van der Waals surface area contributed by atoms with Gasteiger partial charge in [0.2, 0.25) is 5.71 Å². The van der Waals surface area contributed by atoms with Crippen molar-refractivity contribution < 1.29 is 23.8 Å². The normalized spacial score (nSPS) is 13.7. The van der Waals surface area contributed by atoms with E-state index in [0.29, 0.717) is 35.4 Å². The van der Waals surface area contributed by atoms with E-state index in [0.717, 1.165) is 33.4 Å². The highest BCUT2D eigenvalue weighted by molar-refractivity contribution is 6.04.